The monoisotopic (exact) mass is 344 g/mol. The third kappa shape index (κ3) is 4.51. The van der Waals surface area contributed by atoms with E-state index < -0.39 is 5.60 Å². The van der Waals surface area contributed by atoms with Gasteiger partial charge in [-0.25, -0.2) is 4.79 Å². The molecular formula is C16H22Cl2N2O2. The Balaban J connectivity index is 2.13. The van der Waals surface area contributed by atoms with E-state index in [2.05, 4.69) is 5.32 Å². The second kappa shape index (κ2) is 7.07. The predicted octanol–water partition coefficient (Wildman–Crippen LogP) is 3.74. The van der Waals surface area contributed by atoms with Crippen molar-refractivity contribution in [3.05, 3.63) is 33.8 Å². The lowest BCUT2D eigenvalue weighted by atomic mass is 10.0. The first kappa shape index (κ1) is 17.4. The topological polar surface area (TPSA) is 41.6 Å². The Kier molecular flexibility index (Phi) is 5.59. The number of carbonyl (C=O) groups is 1. The Morgan fingerprint density at radius 3 is 2.82 bits per heavy atom. The van der Waals surface area contributed by atoms with Gasteiger partial charge in [0.2, 0.25) is 0 Å². The van der Waals surface area contributed by atoms with E-state index >= 15 is 0 Å². The summed E-state index contributed by atoms with van der Waals surface area (Å²) in [6.07, 6.45) is 0.364. The first-order chi connectivity index (χ1) is 10.3. The van der Waals surface area contributed by atoms with Crippen LogP contribution in [0.3, 0.4) is 0 Å². The lowest BCUT2D eigenvalue weighted by Gasteiger charge is -2.37. The molecule has 1 aliphatic heterocycles. The molecule has 0 saturated carbocycles. The summed E-state index contributed by atoms with van der Waals surface area (Å²) in [5.41, 5.74) is 0.441. The van der Waals surface area contributed by atoms with Gasteiger partial charge in [-0.05, 0) is 38.8 Å². The summed E-state index contributed by atoms with van der Waals surface area (Å²) < 4.78 is 5.50. The number of hydrogen-bond acceptors (Lipinski definition) is 3. The van der Waals surface area contributed by atoms with Gasteiger partial charge in [-0.15, -0.1) is 0 Å². The minimum atomic E-state index is -0.500. The van der Waals surface area contributed by atoms with E-state index in [9.17, 15) is 4.79 Å². The van der Waals surface area contributed by atoms with Crippen LogP contribution < -0.4 is 5.32 Å². The van der Waals surface area contributed by atoms with Crippen LogP contribution in [0, 0.1) is 0 Å². The summed E-state index contributed by atoms with van der Waals surface area (Å²) in [7, 11) is 0. The number of benzene rings is 1. The van der Waals surface area contributed by atoms with Crippen LogP contribution >= 0.6 is 23.2 Å². The Morgan fingerprint density at radius 2 is 2.14 bits per heavy atom. The quantitative estimate of drug-likeness (QED) is 0.888. The van der Waals surface area contributed by atoms with Crippen LogP contribution in [-0.4, -0.2) is 42.3 Å². The molecule has 4 nitrogen and oxygen atoms in total. The Labute approximate surface area is 141 Å². The molecule has 0 bridgehead atoms. The second-order valence-electron chi connectivity index (χ2n) is 6.45. The van der Waals surface area contributed by atoms with Gasteiger partial charge in [0, 0.05) is 19.6 Å². The summed E-state index contributed by atoms with van der Waals surface area (Å²) in [6, 6.07) is 5.57. The molecule has 22 heavy (non-hydrogen) atoms. The van der Waals surface area contributed by atoms with E-state index in [-0.39, 0.29) is 12.1 Å². The van der Waals surface area contributed by atoms with Crippen molar-refractivity contribution >= 4 is 29.3 Å². The number of carbonyl (C=O) groups excluding carboxylic acids is 1. The third-order valence-corrected chi connectivity index (χ3v) is 4.32. The minimum Gasteiger partial charge on any atom is -0.444 e. The largest absolute Gasteiger partial charge is 0.444 e. The number of nitrogens with one attached hydrogen (secondary N) is 1. The van der Waals surface area contributed by atoms with E-state index in [1.807, 2.05) is 32.9 Å². The van der Waals surface area contributed by atoms with Gasteiger partial charge in [0.05, 0.1) is 16.1 Å². The molecule has 0 aliphatic carbocycles. The molecule has 1 N–H and O–H groups in total. The molecule has 1 saturated heterocycles. The highest BCUT2D eigenvalue weighted by molar-refractivity contribution is 6.42. The number of nitrogens with zero attached hydrogens (tertiary/aromatic N) is 1. The highest BCUT2D eigenvalue weighted by Crippen LogP contribution is 2.27. The summed E-state index contributed by atoms with van der Waals surface area (Å²) in [5, 5.41) is 4.40. The Hall–Kier alpha value is -0.970. The molecule has 6 heteroatoms. The molecular weight excluding hydrogens is 323 g/mol. The molecule has 1 atom stereocenters. The van der Waals surface area contributed by atoms with Gasteiger partial charge in [0.1, 0.15) is 5.60 Å². The normalized spacial score (nSPS) is 19.1. The molecule has 0 unspecified atom stereocenters. The lowest BCUT2D eigenvalue weighted by Crippen LogP contribution is -2.55. The number of hydrogen-bond donors (Lipinski definition) is 1. The van der Waals surface area contributed by atoms with E-state index in [1.165, 1.54) is 0 Å². The number of halogens is 2. The number of piperazine rings is 1. The van der Waals surface area contributed by atoms with Crippen molar-refractivity contribution in [2.75, 3.05) is 19.6 Å². The van der Waals surface area contributed by atoms with Crippen LogP contribution in [0.25, 0.3) is 0 Å². The number of ether oxygens (including phenoxy) is 1. The fourth-order valence-electron chi connectivity index (χ4n) is 2.46. The van der Waals surface area contributed by atoms with Gasteiger partial charge in [-0.1, -0.05) is 35.3 Å². The average Bonchev–Trinajstić information content (AvgIpc) is 2.42. The van der Waals surface area contributed by atoms with Crippen LogP contribution in [0.5, 0.6) is 0 Å². The molecule has 2 rings (SSSR count). The fraction of sp³-hybridized carbons (Fsp3) is 0.562. The van der Waals surface area contributed by atoms with Gasteiger partial charge < -0.3 is 15.0 Å². The van der Waals surface area contributed by atoms with Crippen LogP contribution in [0.2, 0.25) is 10.0 Å². The first-order valence-electron chi connectivity index (χ1n) is 7.41. The lowest BCUT2D eigenvalue weighted by molar-refractivity contribution is 0.0122. The summed E-state index contributed by atoms with van der Waals surface area (Å²) in [4.78, 5) is 14.2. The van der Waals surface area contributed by atoms with E-state index in [1.54, 1.807) is 11.0 Å². The van der Waals surface area contributed by atoms with Crippen molar-refractivity contribution in [3.8, 4) is 0 Å². The SMILES string of the molecule is CC(C)(C)OC(=O)N1CCNC[C@@H]1Cc1cccc(Cl)c1Cl. The maximum Gasteiger partial charge on any atom is 0.410 e. The molecule has 0 aromatic heterocycles. The molecule has 1 aromatic carbocycles. The summed E-state index contributed by atoms with van der Waals surface area (Å²) in [5.74, 6) is 0. The van der Waals surface area contributed by atoms with Crippen molar-refractivity contribution in [1.82, 2.24) is 10.2 Å². The predicted molar refractivity (Wildman–Crippen MR) is 89.8 cm³/mol. The molecule has 0 spiro atoms. The smallest absolute Gasteiger partial charge is 0.410 e. The van der Waals surface area contributed by atoms with Crippen LogP contribution in [0.15, 0.2) is 18.2 Å². The summed E-state index contributed by atoms with van der Waals surface area (Å²) >= 11 is 12.3. The number of rotatable bonds is 2. The second-order valence-corrected chi connectivity index (χ2v) is 7.23. The zero-order chi connectivity index (χ0) is 16.3. The van der Waals surface area contributed by atoms with Crippen molar-refractivity contribution in [2.45, 2.75) is 38.8 Å². The highest BCUT2D eigenvalue weighted by Gasteiger charge is 2.30. The van der Waals surface area contributed by atoms with E-state index in [4.69, 9.17) is 27.9 Å². The van der Waals surface area contributed by atoms with Gasteiger partial charge in [-0.2, -0.15) is 0 Å². The first-order valence-corrected chi connectivity index (χ1v) is 8.17. The zero-order valence-electron chi connectivity index (χ0n) is 13.2. The van der Waals surface area contributed by atoms with Gasteiger partial charge in [0.15, 0.2) is 0 Å². The molecule has 1 heterocycles. The highest BCUT2D eigenvalue weighted by atomic mass is 35.5. The number of amides is 1. The van der Waals surface area contributed by atoms with Crippen molar-refractivity contribution in [3.63, 3.8) is 0 Å². The Bertz CT molecular complexity index is 543. The molecule has 0 radical (unpaired) electrons. The van der Waals surface area contributed by atoms with Gasteiger partial charge >= 0.3 is 6.09 Å². The minimum absolute atomic E-state index is 0.000401. The third-order valence-electron chi connectivity index (χ3n) is 3.47. The van der Waals surface area contributed by atoms with Gasteiger partial charge in [0.25, 0.3) is 0 Å². The van der Waals surface area contributed by atoms with Gasteiger partial charge in [-0.3, -0.25) is 0 Å². The molecule has 1 aromatic rings. The molecule has 122 valence electrons. The molecule has 1 aliphatic rings. The van der Waals surface area contributed by atoms with Crippen molar-refractivity contribution < 1.29 is 9.53 Å². The van der Waals surface area contributed by atoms with E-state index in [0.29, 0.717) is 29.6 Å². The fourth-order valence-corrected chi connectivity index (χ4v) is 2.86. The maximum atomic E-state index is 12.4. The summed E-state index contributed by atoms with van der Waals surface area (Å²) in [6.45, 7) is 7.71. The molecule has 1 amide bonds. The van der Waals surface area contributed by atoms with Crippen LogP contribution in [0.4, 0.5) is 4.79 Å². The maximum absolute atomic E-state index is 12.4. The molecule has 1 fully saturated rings. The van der Waals surface area contributed by atoms with Crippen LogP contribution in [-0.2, 0) is 11.2 Å². The Morgan fingerprint density at radius 1 is 1.41 bits per heavy atom. The van der Waals surface area contributed by atoms with Crippen molar-refractivity contribution in [2.24, 2.45) is 0 Å². The van der Waals surface area contributed by atoms with E-state index in [0.717, 1.165) is 12.1 Å². The standard InChI is InChI=1S/C16H22Cl2N2O2/c1-16(2,3)22-15(21)20-8-7-19-10-12(20)9-11-5-4-6-13(17)14(11)18/h4-6,12,19H,7-10H2,1-3H3/t12-/m0/s1. The van der Waals surface area contributed by atoms with Crippen LogP contribution in [0.1, 0.15) is 26.3 Å². The zero-order valence-corrected chi connectivity index (χ0v) is 14.7. The average molecular weight is 345 g/mol. The van der Waals surface area contributed by atoms with Crippen molar-refractivity contribution in [1.29, 1.82) is 0 Å².